The summed E-state index contributed by atoms with van der Waals surface area (Å²) in [4.78, 5) is 0. The first-order chi connectivity index (χ1) is 9.72. The van der Waals surface area contributed by atoms with Crippen molar-refractivity contribution in [1.29, 1.82) is 0 Å². The van der Waals surface area contributed by atoms with Crippen molar-refractivity contribution in [2.24, 2.45) is 11.8 Å². The second kappa shape index (κ2) is 6.08. The van der Waals surface area contributed by atoms with Gasteiger partial charge in [-0.2, -0.15) is 0 Å². The van der Waals surface area contributed by atoms with Gasteiger partial charge in [0, 0.05) is 11.6 Å². The number of halogens is 2. The van der Waals surface area contributed by atoms with E-state index >= 15 is 0 Å². The highest BCUT2D eigenvalue weighted by molar-refractivity contribution is 5.36. The molecule has 2 fully saturated rings. The summed E-state index contributed by atoms with van der Waals surface area (Å²) in [6.07, 6.45) is 5.23. The SMILES string of the molecule is Fc1cc(F)c(OCC2CC2)c(CC2CCCNC2)c1. The maximum Gasteiger partial charge on any atom is 0.168 e. The third-order valence-electron chi connectivity index (χ3n) is 4.15. The van der Waals surface area contributed by atoms with E-state index < -0.39 is 11.6 Å². The average molecular weight is 281 g/mol. The van der Waals surface area contributed by atoms with E-state index in [-0.39, 0.29) is 5.75 Å². The van der Waals surface area contributed by atoms with Crippen LogP contribution >= 0.6 is 0 Å². The number of rotatable bonds is 5. The lowest BCUT2D eigenvalue weighted by Gasteiger charge is -2.24. The molecule has 0 amide bonds. The molecule has 1 N–H and O–H groups in total. The molecule has 1 aromatic carbocycles. The second-order valence-electron chi connectivity index (χ2n) is 6.05. The maximum atomic E-state index is 14.0. The highest BCUT2D eigenvalue weighted by atomic mass is 19.1. The fraction of sp³-hybridized carbons (Fsp3) is 0.625. The van der Waals surface area contributed by atoms with Crippen molar-refractivity contribution < 1.29 is 13.5 Å². The van der Waals surface area contributed by atoms with Gasteiger partial charge in [0.2, 0.25) is 0 Å². The summed E-state index contributed by atoms with van der Waals surface area (Å²) in [5, 5.41) is 3.34. The molecule has 0 spiro atoms. The Labute approximate surface area is 118 Å². The summed E-state index contributed by atoms with van der Waals surface area (Å²) in [7, 11) is 0. The molecule has 1 aliphatic heterocycles. The molecule has 1 unspecified atom stereocenters. The third kappa shape index (κ3) is 3.48. The largest absolute Gasteiger partial charge is 0.490 e. The van der Waals surface area contributed by atoms with Crippen LogP contribution in [0.4, 0.5) is 8.78 Å². The van der Waals surface area contributed by atoms with E-state index in [0.29, 0.717) is 30.4 Å². The van der Waals surface area contributed by atoms with Crippen LogP contribution in [0.1, 0.15) is 31.2 Å². The average Bonchev–Trinajstić information content (AvgIpc) is 3.23. The Bertz CT molecular complexity index is 468. The zero-order valence-electron chi connectivity index (χ0n) is 11.6. The van der Waals surface area contributed by atoms with Gasteiger partial charge < -0.3 is 10.1 Å². The summed E-state index contributed by atoms with van der Waals surface area (Å²) < 4.78 is 33.0. The first-order valence-electron chi connectivity index (χ1n) is 7.54. The Hall–Kier alpha value is -1.16. The molecule has 1 heterocycles. The first-order valence-corrected chi connectivity index (χ1v) is 7.54. The topological polar surface area (TPSA) is 21.3 Å². The minimum atomic E-state index is -0.565. The highest BCUT2D eigenvalue weighted by Crippen LogP contribution is 2.33. The predicted octanol–water partition coefficient (Wildman–Crippen LogP) is 3.30. The van der Waals surface area contributed by atoms with Gasteiger partial charge in [0.1, 0.15) is 5.82 Å². The molecule has 1 aromatic rings. The van der Waals surface area contributed by atoms with Gasteiger partial charge in [-0.25, -0.2) is 8.78 Å². The molecular weight excluding hydrogens is 260 g/mol. The number of nitrogens with one attached hydrogen (secondary N) is 1. The number of piperidine rings is 1. The van der Waals surface area contributed by atoms with Gasteiger partial charge in [0.05, 0.1) is 6.61 Å². The summed E-state index contributed by atoms with van der Waals surface area (Å²) in [5.74, 6) is 0.185. The fourth-order valence-electron chi connectivity index (χ4n) is 2.82. The second-order valence-corrected chi connectivity index (χ2v) is 6.05. The molecular formula is C16H21F2NO. The Morgan fingerprint density at radius 1 is 1.15 bits per heavy atom. The lowest BCUT2D eigenvalue weighted by Crippen LogP contribution is -2.31. The third-order valence-corrected chi connectivity index (χ3v) is 4.15. The molecule has 2 aliphatic rings. The molecule has 2 nitrogen and oxygen atoms in total. The van der Waals surface area contributed by atoms with Gasteiger partial charge >= 0.3 is 0 Å². The summed E-state index contributed by atoms with van der Waals surface area (Å²) in [6, 6.07) is 2.35. The van der Waals surface area contributed by atoms with Crippen molar-refractivity contribution >= 4 is 0 Å². The number of hydrogen-bond donors (Lipinski definition) is 1. The number of hydrogen-bond acceptors (Lipinski definition) is 2. The maximum absolute atomic E-state index is 14.0. The van der Waals surface area contributed by atoms with Crippen LogP contribution in [0.25, 0.3) is 0 Å². The van der Waals surface area contributed by atoms with Crippen molar-refractivity contribution in [3.8, 4) is 5.75 Å². The normalized spacial score (nSPS) is 22.8. The fourth-order valence-corrected chi connectivity index (χ4v) is 2.82. The van der Waals surface area contributed by atoms with E-state index in [0.717, 1.165) is 44.8 Å². The molecule has 110 valence electrons. The minimum Gasteiger partial charge on any atom is -0.490 e. The molecule has 1 saturated heterocycles. The molecule has 0 bridgehead atoms. The van der Waals surface area contributed by atoms with Crippen molar-refractivity contribution in [2.45, 2.75) is 32.1 Å². The standard InChI is InChI=1S/C16H21F2NO/c17-14-7-13(6-12-2-1-5-19-9-12)16(15(18)8-14)20-10-11-3-4-11/h7-8,11-12,19H,1-6,9-10H2. The van der Waals surface area contributed by atoms with Crippen molar-refractivity contribution in [3.05, 3.63) is 29.3 Å². The summed E-state index contributed by atoms with van der Waals surface area (Å²) >= 11 is 0. The monoisotopic (exact) mass is 281 g/mol. The Morgan fingerprint density at radius 3 is 2.70 bits per heavy atom. The van der Waals surface area contributed by atoms with Crippen LogP contribution in [0.3, 0.4) is 0 Å². The molecule has 1 atom stereocenters. The van der Waals surface area contributed by atoms with Crippen LogP contribution in [-0.2, 0) is 6.42 Å². The zero-order valence-corrected chi connectivity index (χ0v) is 11.6. The lowest BCUT2D eigenvalue weighted by molar-refractivity contribution is 0.277. The van der Waals surface area contributed by atoms with E-state index in [1.807, 2.05) is 0 Å². The molecule has 0 aromatic heterocycles. The van der Waals surface area contributed by atoms with Gasteiger partial charge in [0.25, 0.3) is 0 Å². The quantitative estimate of drug-likeness (QED) is 0.894. The zero-order chi connectivity index (χ0) is 13.9. The first kappa shape index (κ1) is 13.8. The van der Waals surface area contributed by atoms with Crippen LogP contribution in [0.2, 0.25) is 0 Å². The lowest BCUT2D eigenvalue weighted by atomic mass is 9.92. The molecule has 4 heteroatoms. The van der Waals surface area contributed by atoms with Crippen LogP contribution < -0.4 is 10.1 Å². The van der Waals surface area contributed by atoms with E-state index in [2.05, 4.69) is 5.32 Å². The van der Waals surface area contributed by atoms with Crippen LogP contribution in [0, 0.1) is 23.5 Å². The van der Waals surface area contributed by atoms with E-state index in [1.165, 1.54) is 6.07 Å². The van der Waals surface area contributed by atoms with E-state index in [9.17, 15) is 8.78 Å². The van der Waals surface area contributed by atoms with Crippen LogP contribution in [0.5, 0.6) is 5.75 Å². The smallest absolute Gasteiger partial charge is 0.168 e. The van der Waals surface area contributed by atoms with Gasteiger partial charge in [-0.1, -0.05) is 0 Å². The van der Waals surface area contributed by atoms with Gasteiger partial charge in [-0.3, -0.25) is 0 Å². The number of ether oxygens (including phenoxy) is 1. The van der Waals surface area contributed by atoms with Crippen molar-refractivity contribution in [1.82, 2.24) is 5.32 Å². The molecule has 3 rings (SSSR count). The van der Waals surface area contributed by atoms with Gasteiger partial charge in [-0.05, 0) is 63.1 Å². The minimum absolute atomic E-state index is 0.267. The molecule has 20 heavy (non-hydrogen) atoms. The molecule has 1 saturated carbocycles. The van der Waals surface area contributed by atoms with Crippen molar-refractivity contribution in [2.75, 3.05) is 19.7 Å². The Balaban J connectivity index is 1.74. The van der Waals surface area contributed by atoms with Gasteiger partial charge in [0.15, 0.2) is 11.6 Å². The predicted molar refractivity (Wildman–Crippen MR) is 73.9 cm³/mol. The summed E-state index contributed by atoms with van der Waals surface area (Å²) in [5.41, 5.74) is 0.678. The molecule has 0 radical (unpaired) electrons. The van der Waals surface area contributed by atoms with Crippen LogP contribution in [0.15, 0.2) is 12.1 Å². The van der Waals surface area contributed by atoms with E-state index in [4.69, 9.17) is 4.74 Å². The Morgan fingerprint density at radius 2 is 2.00 bits per heavy atom. The highest BCUT2D eigenvalue weighted by Gasteiger charge is 2.24. The number of benzene rings is 1. The van der Waals surface area contributed by atoms with Crippen LogP contribution in [-0.4, -0.2) is 19.7 Å². The van der Waals surface area contributed by atoms with Crippen molar-refractivity contribution in [3.63, 3.8) is 0 Å². The summed E-state index contributed by atoms with van der Waals surface area (Å²) in [6.45, 7) is 2.51. The van der Waals surface area contributed by atoms with E-state index in [1.54, 1.807) is 0 Å². The molecule has 1 aliphatic carbocycles. The van der Waals surface area contributed by atoms with Gasteiger partial charge in [-0.15, -0.1) is 0 Å². The Kier molecular flexibility index (Phi) is 4.20.